The maximum absolute atomic E-state index is 12.6. The number of amides is 5. The summed E-state index contributed by atoms with van der Waals surface area (Å²) in [6.07, 6.45) is 0.114. The zero-order valence-electron chi connectivity index (χ0n) is 30.2. The molecule has 0 bridgehead atoms. The molecular formula is C42H41N3O8. The second kappa shape index (κ2) is 19.7. The van der Waals surface area contributed by atoms with Crippen molar-refractivity contribution in [2.45, 2.75) is 53.7 Å². The summed E-state index contributed by atoms with van der Waals surface area (Å²) in [6.45, 7) is 8.76. The Bertz CT molecular complexity index is 1910. The number of hydrogen-bond acceptors (Lipinski definition) is 9. The first-order valence-corrected chi connectivity index (χ1v) is 16.9. The normalized spacial score (nSPS) is 12.9. The van der Waals surface area contributed by atoms with Gasteiger partial charge in [-0.15, -0.1) is 0 Å². The van der Waals surface area contributed by atoms with Gasteiger partial charge in [0.2, 0.25) is 5.91 Å². The van der Waals surface area contributed by atoms with E-state index in [1.165, 1.54) is 6.92 Å². The van der Waals surface area contributed by atoms with Crippen LogP contribution in [-0.4, -0.2) is 57.8 Å². The molecule has 272 valence electrons. The van der Waals surface area contributed by atoms with E-state index in [1.807, 2.05) is 76.2 Å². The van der Waals surface area contributed by atoms with Crippen LogP contribution in [0.5, 0.6) is 0 Å². The molecule has 0 saturated carbocycles. The van der Waals surface area contributed by atoms with Crippen LogP contribution in [0.2, 0.25) is 0 Å². The summed E-state index contributed by atoms with van der Waals surface area (Å²) in [5.74, 6) is -2.91. The van der Waals surface area contributed by atoms with Crippen LogP contribution in [0, 0.1) is 23.2 Å². The van der Waals surface area contributed by atoms with Gasteiger partial charge < -0.3 is 9.53 Å². The van der Waals surface area contributed by atoms with Gasteiger partial charge in [0, 0.05) is 18.8 Å². The van der Waals surface area contributed by atoms with E-state index in [1.54, 1.807) is 66.7 Å². The van der Waals surface area contributed by atoms with Crippen LogP contribution in [0.3, 0.4) is 0 Å². The molecule has 11 nitrogen and oxygen atoms in total. The van der Waals surface area contributed by atoms with Crippen molar-refractivity contribution in [1.29, 1.82) is 5.26 Å². The third kappa shape index (κ3) is 10.7. The van der Waals surface area contributed by atoms with Crippen molar-refractivity contribution in [2.75, 3.05) is 0 Å². The van der Waals surface area contributed by atoms with Gasteiger partial charge in [-0.25, -0.2) is 9.80 Å². The predicted molar refractivity (Wildman–Crippen MR) is 196 cm³/mol. The van der Waals surface area contributed by atoms with Crippen LogP contribution >= 0.6 is 0 Å². The van der Waals surface area contributed by atoms with Crippen LogP contribution in [0.25, 0.3) is 0 Å². The van der Waals surface area contributed by atoms with Gasteiger partial charge in [0.25, 0.3) is 23.6 Å². The predicted octanol–water partition coefficient (Wildman–Crippen LogP) is 6.47. The molecule has 0 radical (unpaired) electrons. The van der Waals surface area contributed by atoms with Crippen molar-refractivity contribution in [1.82, 2.24) is 9.80 Å². The summed E-state index contributed by atoms with van der Waals surface area (Å²) < 4.78 is 5.52. The van der Waals surface area contributed by atoms with Gasteiger partial charge in [-0.2, -0.15) is 5.26 Å². The molecule has 0 spiro atoms. The molecule has 53 heavy (non-hydrogen) atoms. The first kappa shape index (κ1) is 40.9. The average Bonchev–Trinajstić information content (AvgIpc) is 3.56. The van der Waals surface area contributed by atoms with Crippen LogP contribution in [0.1, 0.15) is 87.2 Å². The number of nitrogens with zero attached hydrogens (tertiary/aromatic N) is 3. The van der Waals surface area contributed by atoms with Gasteiger partial charge in [0.1, 0.15) is 6.29 Å². The number of carbonyl (C=O) groups excluding carboxylic acids is 7. The third-order valence-electron chi connectivity index (χ3n) is 7.61. The Morgan fingerprint density at radius 2 is 0.981 bits per heavy atom. The van der Waals surface area contributed by atoms with Crippen molar-refractivity contribution in [3.63, 3.8) is 0 Å². The lowest BCUT2D eigenvalue weighted by molar-refractivity contribution is -0.157. The Hall–Kier alpha value is -6.54. The highest BCUT2D eigenvalue weighted by atomic mass is 16.6. The van der Waals surface area contributed by atoms with Crippen molar-refractivity contribution in [3.8, 4) is 6.07 Å². The standard InChI is InChI=1S/C20H19NO4.C16H11NO3.C4H8O.C2H3N/c1-13(2)20(25-17(22)12-14-8-4-3-5-9-14)21-18(23)15-10-6-7-11-16(15)19(21)24;18-14(10-11-6-2-1-3-7-11)17-15(19)12-8-4-5-9-13(12)16(17)20;1-4(2)3-5;1-2-3/h3-11,13,20H,12H2,1-2H3;1-9H,10H2;3-4H,1-2H3;1H3. The van der Waals surface area contributed by atoms with E-state index in [-0.39, 0.29) is 24.7 Å². The smallest absolute Gasteiger partial charge is 0.312 e. The number of fused-ring (bicyclic) bond motifs is 2. The third-order valence-corrected chi connectivity index (χ3v) is 7.61. The molecule has 11 heteroatoms. The minimum absolute atomic E-state index is 0.0340. The first-order valence-electron chi connectivity index (χ1n) is 16.9. The number of nitriles is 1. The number of hydrogen-bond donors (Lipinski definition) is 0. The summed E-state index contributed by atoms with van der Waals surface area (Å²) in [5, 5.41) is 7.32. The van der Waals surface area contributed by atoms with E-state index >= 15 is 0 Å². The lowest BCUT2D eigenvalue weighted by Gasteiger charge is -2.29. The van der Waals surface area contributed by atoms with Gasteiger partial charge >= 0.3 is 5.97 Å². The van der Waals surface area contributed by atoms with Gasteiger partial charge in [0.05, 0.1) is 41.2 Å². The van der Waals surface area contributed by atoms with Crippen LogP contribution in [-0.2, 0) is 32.0 Å². The number of rotatable bonds is 8. The highest BCUT2D eigenvalue weighted by Gasteiger charge is 2.43. The zero-order valence-corrected chi connectivity index (χ0v) is 30.2. The maximum Gasteiger partial charge on any atom is 0.312 e. The van der Waals surface area contributed by atoms with Gasteiger partial charge in [0.15, 0.2) is 6.23 Å². The van der Waals surface area contributed by atoms with E-state index in [0.29, 0.717) is 22.3 Å². The van der Waals surface area contributed by atoms with Gasteiger partial charge in [-0.05, 0) is 35.4 Å². The fourth-order valence-electron chi connectivity index (χ4n) is 5.13. The van der Waals surface area contributed by atoms with Gasteiger partial charge in [-0.1, -0.05) is 113 Å². The van der Waals surface area contributed by atoms with Crippen LogP contribution in [0.15, 0.2) is 109 Å². The topological polar surface area (TPSA) is 159 Å². The molecule has 1 atom stereocenters. The number of benzene rings is 4. The summed E-state index contributed by atoms with van der Waals surface area (Å²) in [6, 6.07) is 33.1. The maximum atomic E-state index is 12.6. The minimum atomic E-state index is -0.927. The Morgan fingerprint density at radius 3 is 1.34 bits per heavy atom. The molecule has 0 N–H and O–H groups in total. The summed E-state index contributed by atoms with van der Waals surface area (Å²) in [7, 11) is 0. The minimum Gasteiger partial charge on any atom is -0.440 e. The zero-order chi connectivity index (χ0) is 39.1. The van der Waals surface area contributed by atoms with E-state index < -0.39 is 41.7 Å². The lowest BCUT2D eigenvalue weighted by atomic mass is 10.1. The molecular weight excluding hydrogens is 674 g/mol. The second-order valence-corrected chi connectivity index (χ2v) is 12.5. The fourth-order valence-corrected chi connectivity index (χ4v) is 5.13. The fraction of sp³-hybridized carbons (Fsp3) is 0.238. The van der Waals surface area contributed by atoms with E-state index in [4.69, 9.17) is 10.00 Å². The molecule has 6 rings (SSSR count). The highest BCUT2D eigenvalue weighted by molar-refractivity contribution is 6.29. The molecule has 0 aromatic heterocycles. The van der Waals surface area contributed by atoms with Crippen molar-refractivity contribution in [2.24, 2.45) is 11.8 Å². The van der Waals surface area contributed by atoms with Crippen LogP contribution < -0.4 is 0 Å². The number of aldehydes is 1. The number of imide groups is 4. The van der Waals surface area contributed by atoms with Crippen molar-refractivity contribution in [3.05, 3.63) is 143 Å². The Labute approximate surface area is 308 Å². The van der Waals surface area contributed by atoms with Gasteiger partial charge in [-0.3, -0.25) is 28.8 Å². The first-order chi connectivity index (χ1) is 25.4. The lowest BCUT2D eigenvalue weighted by Crippen LogP contribution is -2.46. The SMILES string of the molecule is CC#N.CC(C)C(OC(=O)Cc1ccccc1)N1C(=O)c2ccccc2C1=O.CC(C)C=O.O=C(Cc1ccccc1)N1C(=O)c2ccccc2C1=O. The molecule has 2 aliphatic rings. The summed E-state index contributed by atoms with van der Waals surface area (Å²) in [5.41, 5.74) is 2.86. The number of carbonyl (C=O) groups is 7. The molecule has 4 aromatic carbocycles. The quantitative estimate of drug-likeness (QED) is 0.113. The largest absolute Gasteiger partial charge is 0.440 e. The number of ether oxygens (including phenoxy) is 1. The summed E-state index contributed by atoms with van der Waals surface area (Å²) in [4.78, 5) is 85.2. The van der Waals surface area contributed by atoms with E-state index in [0.717, 1.165) is 27.2 Å². The molecule has 0 saturated heterocycles. The van der Waals surface area contributed by atoms with Crippen LogP contribution in [0.4, 0.5) is 0 Å². The molecule has 2 heterocycles. The summed E-state index contributed by atoms with van der Waals surface area (Å²) >= 11 is 0. The van der Waals surface area contributed by atoms with Crippen molar-refractivity contribution < 1.29 is 38.3 Å². The molecule has 1 unspecified atom stereocenters. The molecule has 0 aliphatic carbocycles. The average molecular weight is 716 g/mol. The Kier molecular flexibility index (Phi) is 15.2. The molecule has 5 amide bonds. The molecule has 2 aliphatic heterocycles. The molecule has 0 fully saturated rings. The van der Waals surface area contributed by atoms with E-state index in [9.17, 15) is 33.6 Å². The monoisotopic (exact) mass is 715 g/mol. The second-order valence-electron chi connectivity index (χ2n) is 12.5. The molecule has 4 aromatic rings. The highest BCUT2D eigenvalue weighted by Crippen LogP contribution is 2.28. The Balaban J connectivity index is 0.000000241. The van der Waals surface area contributed by atoms with Crippen molar-refractivity contribution >= 4 is 41.8 Å². The Morgan fingerprint density at radius 1 is 0.642 bits per heavy atom. The van der Waals surface area contributed by atoms with E-state index in [2.05, 4.69) is 0 Å². The number of esters is 1.